The molecule has 106 valence electrons. The van der Waals surface area contributed by atoms with E-state index in [9.17, 15) is 13.2 Å². The third-order valence-corrected chi connectivity index (χ3v) is 3.50. The van der Waals surface area contributed by atoms with Crippen molar-refractivity contribution in [2.75, 3.05) is 5.73 Å². The van der Waals surface area contributed by atoms with Crippen LogP contribution in [0.5, 0.6) is 5.75 Å². The molecule has 19 heavy (non-hydrogen) atoms. The number of rotatable bonds is 2. The van der Waals surface area contributed by atoms with Gasteiger partial charge in [-0.3, -0.25) is 0 Å². The second-order valence-corrected chi connectivity index (χ2v) is 5.02. The molecule has 0 bridgehead atoms. The van der Waals surface area contributed by atoms with Gasteiger partial charge in [0, 0.05) is 6.07 Å². The smallest absolute Gasteiger partial charge is 0.433 e. The van der Waals surface area contributed by atoms with E-state index >= 15 is 0 Å². The second kappa shape index (κ2) is 5.27. The van der Waals surface area contributed by atoms with Crippen LogP contribution in [0.2, 0.25) is 0 Å². The standard InChI is InChI=1S/C13H17F3N2O/c1-8-4-2-3-5-10(8)19-11-6-12(13(14,15)16)18-7-9(11)17/h6-8,10H,2-5,17H2,1H3. The second-order valence-electron chi connectivity index (χ2n) is 5.02. The normalized spacial score (nSPS) is 24.2. The highest BCUT2D eigenvalue weighted by Gasteiger charge is 2.33. The van der Waals surface area contributed by atoms with Crippen LogP contribution in [0, 0.1) is 5.92 Å². The van der Waals surface area contributed by atoms with Crippen molar-refractivity contribution in [2.24, 2.45) is 5.92 Å². The molecule has 6 heteroatoms. The molecule has 1 aromatic heterocycles. The SMILES string of the molecule is CC1CCCCC1Oc1cc(C(F)(F)F)ncc1N. The molecular weight excluding hydrogens is 257 g/mol. The van der Waals surface area contributed by atoms with Gasteiger partial charge in [0.2, 0.25) is 0 Å². The summed E-state index contributed by atoms with van der Waals surface area (Å²) < 4.78 is 43.5. The molecule has 1 saturated carbocycles. The average Bonchev–Trinajstić information content (AvgIpc) is 2.33. The Labute approximate surface area is 110 Å². The minimum Gasteiger partial charge on any atom is -0.488 e. The number of nitrogen functional groups attached to an aromatic ring is 1. The summed E-state index contributed by atoms with van der Waals surface area (Å²) >= 11 is 0. The van der Waals surface area contributed by atoms with Crippen LogP contribution in [0.4, 0.5) is 18.9 Å². The number of hydrogen-bond acceptors (Lipinski definition) is 3. The molecule has 0 aliphatic heterocycles. The van der Waals surface area contributed by atoms with Gasteiger partial charge in [0.05, 0.1) is 11.9 Å². The monoisotopic (exact) mass is 274 g/mol. The van der Waals surface area contributed by atoms with E-state index in [0.29, 0.717) is 5.92 Å². The highest BCUT2D eigenvalue weighted by atomic mass is 19.4. The highest BCUT2D eigenvalue weighted by molar-refractivity contribution is 5.51. The number of aromatic nitrogens is 1. The minimum absolute atomic E-state index is 0.0699. The summed E-state index contributed by atoms with van der Waals surface area (Å²) in [7, 11) is 0. The van der Waals surface area contributed by atoms with E-state index in [4.69, 9.17) is 10.5 Å². The van der Waals surface area contributed by atoms with Gasteiger partial charge in [-0.1, -0.05) is 13.3 Å². The van der Waals surface area contributed by atoms with Gasteiger partial charge in [0.15, 0.2) is 0 Å². The molecular formula is C13H17F3N2O. The van der Waals surface area contributed by atoms with Gasteiger partial charge in [-0.05, 0) is 25.2 Å². The van der Waals surface area contributed by atoms with Gasteiger partial charge in [-0.15, -0.1) is 0 Å². The van der Waals surface area contributed by atoms with Crippen LogP contribution in [-0.4, -0.2) is 11.1 Å². The Hall–Kier alpha value is -1.46. The van der Waals surface area contributed by atoms with E-state index in [0.717, 1.165) is 37.9 Å². The largest absolute Gasteiger partial charge is 0.488 e. The van der Waals surface area contributed by atoms with Gasteiger partial charge in [0.25, 0.3) is 0 Å². The van der Waals surface area contributed by atoms with Crippen LogP contribution < -0.4 is 10.5 Å². The molecule has 0 saturated heterocycles. The number of halogens is 3. The van der Waals surface area contributed by atoms with Crippen LogP contribution in [0.3, 0.4) is 0 Å². The Morgan fingerprint density at radius 1 is 1.32 bits per heavy atom. The summed E-state index contributed by atoms with van der Waals surface area (Å²) in [6, 6.07) is 0.886. The first-order chi connectivity index (χ1) is 8.88. The first-order valence-corrected chi connectivity index (χ1v) is 6.37. The molecule has 2 atom stereocenters. The number of hydrogen-bond donors (Lipinski definition) is 1. The summed E-state index contributed by atoms with van der Waals surface area (Å²) in [4.78, 5) is 3.29. The Morgan fingerprint density at radius 2 is 2.00 bits per heavy atom. The van der Waals surface area contributed by atoms with Crippen molar-refractivity contribution in [3.8, 4) is 5.75 Å². The topological polar surface area (TPSA) is 48.1 Å². The quantitative estimate of drug-likeness (QED) is 0.895. The lowest BCUT2D eigenvalue weighted by atomic mass is 9.88. The molecule has 3 nitrogen and oxygen atoms in total. The van der Waals surface area contributed by atoms with E-state index in [-0.39, 0.29) is 17.5 Å². The summed E-state index contributed by atoms with van der Waals surface area (Å²) in [6.45, 7) is 2.05. The Kier molecular flexibility index (Phi) is 3.87. The maximum Gasteiger partial charge on any atom is 0.433 e. The maximum absolute atomic E-state index is 12.6. The molecule has 2 N–H and O–H groups in total. The lowest BCUT2D eigenvalue weighted by Gasteiger charge is -2.29. The Balaban J connectivity index is 2.19. The van der Waals surface area contributed by atoms with Crippen molar-refractivity contribution in [2.45, 2.75) is 44.9 Å². The van der Waals surface area contributed by atoms with Crippen molar-refractivity contribution in [3.05, 3.63) is 18.0 Å². The van der Waals surface area contributed by atoms with Gasteiger partial charge >= 0.3 is 6.18 Å². The average molecular weight is 274 g/mol. The maximum atomic E-state index is 12.6. The van der Waals surface area contributed by atoms with Gasteiger partial charge in [-0.2, -0.15) is 13.2 Å². The molecule has 0 amide bonds. The predicted octanol–water partition coefficient (Wildman–Crippen LogP) is 3.64. The van der Waals surface area contributed by atoms with Crippen molar-refractivity contribution >= 4 is 5.69 Å². The van der Waals surface area contributed by atoms with Crippen LogP contribution in [0.15, 0.2) is 12.3 Å². The summed E-state index contributed by atoms with van der Waals surface area (Å²) in [5.74, 6) is 0.414. The van der Waals surface area contributed by atoms with Crippen molar-refractivity contribution in [1.29, 1.82) is 0 Å². The molecule has 1 heterocycles. The molecule has 2 unspecified atom stereocenters. The van der Waals surface area contributed by atoms with Gasteiger partial charge in [0.1, 0.15) is 17.5 Å². The van der Waals surface area contributed by atoms with Gasteiger partial charge in [-0.25, -0.2) is 4.98 Å². The summed E-state index contributed by atoms with van der Waals surface area (Å²) in [5.41, 5.74) is 4.81. The molecule has 0 aromatic carbocycles. The predicted molar refractivity (Wildman–Crippen MR) is 65.7 cm³/mol. The molecule has 1 aliphatic rings. The fourth-order valence-electron chi connectivity index (χ4n) is 2.32. The number of anilines is 1. The number of nitrogens with two attached hydrogens (primary N) is 1. The number of pyridine rings is 1. The minimum atomic E-state index is -4.48. The first kappa shape index (κ1) is 14.0. The molecule has 1 fully saturated rings. The third kappa shape index (κ3) is 3.30. The third-order valence-electron chi connectivity index (χ3n) is 3.50. The Bertz CT molecular complexity index is 448. The summed E-state index contributed by atoms with van der Waals surface area (Å²) in [6.07, 6.45) is 0.508. The zero-order chi connectivity index (χ0) is 14.0. The van der Waals surface area contributed by atoms with Crippen molar-refractivity contribution in [3.63, 3.8) is 0 Å². The number of ether oxygens (including phenoxy) is 1. The number of nitrogens with zero attached hydrogens (tertiary/aromatic N) is 1. The molecule has 1 aromatic rings. The van der Waals surface area contributed by atoms with Crippen LogP contribution >= 0.6 is 0 Å². The van der Waals surface area contributed by atoms with E-state index in [1.54, 1.807) is 0 Å². The van der Waals surface area contributed by atoms with Crippen molar-refractivity contribution in [1.82, 2.24) is 4.98 Å². The Morgan fingerprint density at radius 3 is 2.63 bits per heavy atom. The summed E-state index contributed by atoms with van der Waals surface area (Å²) in [5, 5.41) is 0. The van der Waals surface area contributed by atoms with Crippen LogP contribution in [0.1, 0.15) is 38.3 Å². The lowest BCUT2D eigenvalue weighted by molar-refractivity contribution is -0.141. The van der Waals surface area contributed by atoms with Crippen LogP contribution in [0.25, 0.3) is 0 Å². The zero-order valence-corrected chi connectivity index (χ0v) is 10.7. The van der Waals surface area contributed by atoms with E-state index in [2.05, 4.69) is 4.98 Å². The lowest BCUT2D eigenvalue weighted by Crippen LogP contribution is -2.28. The first-order valence-electron chi connectivity index (χ1n) is 6.37. The molecule has 0 radical (unpaired) electrons. The fraction of sp³-hybridized carbons (Fsp3) is 0.615. The molecule has 0 spiro atoms. The zero-order valence-electron chi connectivity index (χ0n) is 10.7. The van der Waals surface area contributed by atoms with E-state index < -0.39 is 11.9 Å². The van der Waals surface area contributed by atoms with E-state index in [1.165, 1.54) is 0 Å². The number of alkyl halides is 3. The fourth-order valence-corrected chi connectivity index (χ4v) is 2.32. The van der Waals surface area contributed by atoms with Gasteiger partial charge < -0.3 is 10.5 Å². The highest BCUT2D eigenvalue weighted by Crippen LogP contribution is 2.34. The van der Waals surface area contributed by atoms with Crippen molar-refractivity contribution < 1.29 is 17.9 Å². The molecule has 1 aliphatic carbocycles. The molecule has 2 rings (SSSR count). The van der Waals surface area contributed by atoms with E-state index in [1.807, 2.05) is 6.92 Å². The van der Waals surface area contributed by atoms with Crippen LogP contribution in [-0.2, 0) is 6.18 Å².